The first-order chi connectivity index (χ1) is 5.18. The van der Waals surface area contributed by atoms with Gasteiger partial charge in [0.2, 0.25) is 0 Å². The van der Waals surface area contributed by atoms with E-state index in [-0.39, 0.29) is 0 Å². The van der Waals surface area contributed by atoms with Gasteiger partial charge in [0.05, 0.1) is 0 Å². The average molecular weight is 156 g/mol. The molecule has 0 aliphatic heterocycles. The van der Waals surface area contributed by atoms with E-state index in [2.05, 4.69) is 18.9 Å². The zero-order chi connectivity index (χ0) is 8.27. The molecular weight excluding hydrogens is 136 g/mol. The van der Waals surface area contributed by atoms with E-state index in [9.17, 15) is 0 Å². The minimum Gasteiger partial charge on any atom is -0.327 e. The zero-order valence-electron chi connectivity index (χ0n) is 7.71. The molecule has 1 fully saturated rings. The van der Waals surface area contributed by atoms with Crippen LogP contribution < -0.4 is 5.73 Å². The maximum absolute atomic E-state index is 5.69. The Morgan fingerprint density at radius 3 is 2.55 bits per heavy atom. The van der Waals surface area contributed by atoms with Gasteiger partial charge in [-0.1, -0.05) is 6.42 Å². The summed E-state index contributed by atoms with van der Waals surface area (Å²) in [7, 11) is 2.17. The van der Waals surface area contributed by atoms with Crippen LogP contribution in [0.25, 0.3) is 0 Å². The van der Waals surface area contributed by atoms with Crippen LogP contribution in [0.2, 0.25) is 0 Å². The summed E-state index contributed by atoms with van der Waals surface area (Å²) in [6.07, 6.45) is 4.31. The van der Waals surface area contributed by atoms with Gasteiger partial charge < -0.3 is 10.6 Å². The molecule has 0 heterocycles. The van der Waals surface area contributed by atoms with Crippen molar-refractivity contribution in [2.45, 2.75) is 32.2 Å². The minimum atomic E-state index is 0.320. The van der Waals surface area contributed by atoms with Gasteiger partial charge >= 0.3 is 0 Å². The fourth-order valence-corrected chi connectivity index (χ4v) is 1.68. The van der Waals surface area contributed by atoms with E-state index in [1.165, 1.54) is 25.8 Å². The second-order valence-corrected chi connectivity index (χ2v) is 4.00. The Morgan fingerprint density at radius 2 is 2.18 bits per heavy atom. The summed E-state index contributed by atoms with van der Waals surface area (Å²) >= 11 is 0. The molecule has 66 valence electrons. The molecule has 2 N–H and O–H groups in total. The van der Waals surface area contributed by atoms with Crippen LogP contribution in [0.4, 0.5) is 0 Å². The lowest BCUT2D eigenvalue weighted by Gasteiger charge is -2.30. The molecule has 0 aromatic heterocycles. The number of rotatable bonds is 4. The summed E-state index contributed by atoms with van der Waals surface area (Å²) in [4.78, 5) is 2.36. The molecule has 0 bridgehead atoms. The van der Waals surface area contributed by atoms with Crippen molar-refractivity contribution in [3.05, 3.63) is 0 Å². The Bertz CT molecular complexity index is 108. The van der Waals surface area contributed by atoms with Gasteiger partial charge in [0.15, 0.2) is 0 Å². The van der Waals surface area contributed by atoms with Crippen LogP contribution in [0.1, 0.15) is 26.2 Å². The van der Waals surface area contributed by atoms with Crippen molar-refractivity contribution in [1.29, 1.82) is 0 Å². The van der Waals surface area contributed by atoms with Crippen LogP contribution in [0.5, 0.6) is 0 Å². The second-order valence-electron chi connectivity index (χ2n) is 4.00. The Balaban J connectivity index is 2.04. The number of hydrogen-bond donors (Lipinski definition) is 1. The first-order valence-corrected chi connectivity index (χ1v) is 4.62. The molecule has 1 aliphatic carbocycles. The van der Waals surface area contributed by atoms with Crippen molar-refractivity contribution < 1.29 is 0 Å². The van der Waals surface area contributed by atoms with E-state index in [1.54, 1.807) is 0 Å². The predicted molar refractivity (Wildman–Crippen MR) is 48.5 cm³/mol. The fraction of sp³-hybridized carbons (Fsp3) is 1.00. The lowest BCUT2D eigenvalue weighted by molar-refractivity contribution is 0.200. The van der Waals surface area contributed by atoms with Gasteiger partial charge in [0, 0.05) is 19.1 Å². The van der Waals surface area contributed by atoms with Crippen LogP contribution in [0, 0.1) is 5.92 Å². The van der Waals surface area contributed by atoms with Crippen molar-refractivity contribution in [3.8, 4) is 0 Å². The van der Waals surface area contributed by atoms with Crippen LogP contribution in [0.3, 0.4) is 0 Å². The normalized spacial score (nSPS) is 21.8. The summed E-state index contributed by atoms with van der Waals surface area (Å²) < 4.78 is 0. The topological polar surface area (TPSA) is 29.3 Å². The molecule has 0 aromatic carbocycles. The second kappa shape index (κ2) is 4.07. The van der Waals surface area contributed by atoms with E-state index in [0.717, 1.165) is 12.5 Å². The molecule has 2 nitrogen and oxygen atoms in total. The zero-order valence-corrected chi connectivity index (χ0v) is 7.71. The van der Waals surface area contributed by atoms with Crippen molar-refractivity contribution in [2.24, 2.45) is 11.7 Å². The Morgan fingerprint density at radius 1 is 1.55 bits per heavy atom. The van der Waals surface area contributed by atoms with Crippen molar-refractivity contribution in [2.75, 3.05) is 20.1 Å². The van der Waals surface area contributed by atoms with Gasteiger partial charge in [0.1, 0.15) is 0 Å². The van der Waals surface area contributed by atoms with E-state index < -0.39 is 0 Å². The highest BCUT2D eigenvalue weighted by Gasteiger charge is 2.18. The van der Waals surface area contributed by atoms with Gasteiger partial charge in [-0.2, -0.15) is 0 Å². The van der Waals surface area contributed by atoms with E-state index in [1.807, 2.05) is 0 Å². The number of hydrogen-bond acceptors (Lipinski definition) is 2. The predicted octanol–water partition coefficient (Wildman–Crippen LogP) is 1.07. The molecule has 0 saturated heterocycles. The molecule has 1 rings (SSSR count). The molecule has 0 spiro atoms. The van der Waals surface area contributed by atoms with Crippen molar-refractivity contribution in [3.63, 3.8) is 0 Å². The lowest BCUT2D eigenvalue weighted by atomic mass is 9.85. The molecule has 0 radical (unpaired) electrons. The summed E-state index contributed by atoms with van der Waals surface area (Å²) in [6.45, 7) is 4.36. The molecule has 0 aromatic rings. The lowest BCUT2D eigenvalue weighted by Crippen LogP contribution is -2.37. The van der Waals surface area contributed by atoms with Crippen molar-refractivity contribution in [1.82, 2.24) is 4.90 Å². The van der Waals surface area contributed by atoms with Gasteiger partial charge in [-0.05, 0) is 32.7 Å². The van der Waals surface area contributed by atoms with Crippen LogP contribution >= 0.6 is 0 Å². The highest BCUT2D eigenvalue weighted by atomic mass is 15.1. The smallest absolute Gasteiger partial charge is 0.0139 e. The highest BCUT2D eigenvalue weighted by Crippen LogP contribution is 2.26. The largest absolute Gasteiger partial charge is 0.327 e. The standard InChI is InChI=1S/C9H20N2/c1-8(10)6-11(2)7-9-4-3-5-9/h8-9H,3-7,10H2,1-2H3/t8-/m0/s1. The third kappa shape index (κ3) is 3.21. The Labute approximate surface area is 69.8 Å². The summed E-state index contributed by atoms with van der Waals surface area (Å²) in [6, 6.07) is 0.320. The minimum absolute atomic E-state index is 0.320. The Kier molecular flexibility index (Phi) is 3.34. The SMILES string of the molecule is C[C@H](N)CN(C)CC1CCC1. The number of nitrogens with two attached hydrogens (primary N) is 1. The van der Waals surface area contributed by atoms with Crippen molar-refractivity contribution >= 4 is 0 Å². The highest BCUT2D eigenvalue weighted by molar-refractivity contribution is 4.73. The van der Waals surface area contributed by atoms with Crippen LogP contribution in [0.15, 0.2) is 0 Å². The number of nitrogens with zero attached hydrogens (tertiary/aromatic N) is 1. The third-order valence-corrected chi connectivity index (χ3v) is 2.39. The summed E-state index contributed by atoms with van der Waals surface area (Å²) in [5, 5.41) is 0. The fourth-order valence-electron chi connectivity index (χ4n) is 1.68. The molecule has 0 unspecified atom stereocenters. The van der Waals surface area contributed by atoms with Gasteiger partial charge in [-0.3, -0.25) is 0 Å². The van der Waals surface area contributed by atoms with Crippen LogP contribution in [-0.2, 0) is 0 Å². The molecule has 1 aliphatic rings. The summed E-state index contributed by atoms with van der Waals surface area (Å²) in [5.74, 6) is 0.971. The summed E-state index contributed by atoms with van der Waals surface area (Å²) in [5.41, 5.74) is 5.69. The van der Waals surface area contributed by atoms with Crippen LogP contribution in [-0.4, -0.2) is 31.1 Å². The molecular formula is C9H20N2. The van der Waals surface area contributed by atoms with Gasteiger partial charge in [-0.15, -0.1) is 0 Å². The Hall–Kier alpha value is -0.0800. The monoisotopic (exact) mass is 156 g/mol. The molecule has 11 heavy (non-hydrogen) atoms. The first-order valence-electron chi connectivity index (χ1n) is 4.62. The quantitative estimate of drug-likeness (QED) is 0.659. The molecule has 1 atom stereocenters. The maximum Gasteiger partial charge on any atom is 0.0139 e. The van der Waals surface area contributed by atoms with E-state index in [0.29, 0.717) is 6.04 Å². The van der Waals surface area contributed by atoms with Gasteiger partial charge in [-0.25, -0.2) is 0 Å². The number of likely N-dealkylation sites (N-methyl/N-ethyl adjacent to an activating group) is 1. The first kappa shape index (κ1) is 9.01. The molecule has 2 heteroatoms. The maximum atomic E-state index is 5.69. The average Bonchev–Trinajstić information content (AvgIpc) is 1.77. The molecule has 1 saturated carbocycles. The van der Waals surface area contributed by atoms with Gasteiger partial charge in [0.25, 0.3) is 0 Å². The van der Waals surface area contributed by atoms with E-state index in [4.69, 9.17) is 5.73 Å². The third-order valence-electron chi connectivity index (χ3n) is 2.39. The molecule has 0 amide bonds. The van der Waals surface area contributed by atoms with E-state index >= 15 is 0 Å².